The van der Waals surface area contributed by atoms with Crippen LogP contribution in [0.15, 0.2) is 40.9 Å². The monoisotopic (exact) mass is 351 g/mol. The number of aliphatic hydroxyl groups excluding tert-OH is 1. The highest BCUT2D eigenvalue weighted by Gasteiger charge is 2.05. The van der Waals surface area contributed by atoms with Gasteiger partial charge in [-0.05, 0) is 41.0 Å². The molecule has 0 fully saturated rings. The Bertz CT molecular complexity index is 586. The van der Waals surface area contributed by atoms with Crippen LogP contribution in [-0.2, 0) is 4.74 Å². The van der Waals surface area contributed by atoms with Crippen molar-refractivity contribution < 1.29 is 9.84 Å². The molecule has 2 rings (SSSR count). The third kappa shape index (κ3) is 5.30. The summed E-state index contributed by atoms with van der Waals surface area (Å²) >= 11 is 3.47. The third-order valence-corrected chi connectivity index (χ3v) is 3.60. The molecular weight excluding hydrogens is 330 g/mol. The summed E-state index contributed by atoms with van der Waals surface area (Å²) in [6.07, 6.45) is -0.496. The predicted octanol–water partition coefficient (Wildman–Crippen LogP) is 4.05. The van der Waals surface area contributed by atoms with Crippen molar-refractivity contribution in [3.05, 3.63) is 40.9 Å². The van der Waals surface area contributed by atoms with Crippen molar-refractivity contribution in [3.8, 4) is 0 Å². The molecule has 0 aliphatic heterocycles. The van der Waals surface area contributed by atoms with Gasteiger partial charge in [-0.15, -0.1) is 0 Å². The minimum absolute atomic E-state index is 0.367. The Kier molecular flexibility index (Phi) is 6.03. The number of nitrogens with one attached hydrogen (secondary N) is 1. The Morgan fingerprint density at radius 2 is 1.81 bits per heavy atom. The first kappa shape index (κ1) is 16.3. The molecule has 1 atom stereocenters. The van der Waals surface area contributed by atoms with Crippen LogP contribution in [0.1, 0.15) is 13.8 Å². The van der Waals surface area contributed by atoms with Gasteiger partial charge in [-0.3, -0.25) is 0 Å². The van der Waals surface area contributed by atoms with Gasteiger partial charge in [0.2, 0.25) is 0 Å². The second-order valence-corrected chi connectivity index (χ2v) is 6.59. The topological polar surface area (TPSA) is 41.5 Å². The van der Waals surface area contributed by atoms with Crippen molar-refractivity contribution in [3.63, 3.8) is 0 Å². The van der Waals surface area contributed by atoms with Crippen molar-refractivity contribution in [1.29, 1.82) is 0 Å². The van der Waals surface area contributed by atoms with E-state index in [1.807, 2.05) is 12.1 Å². The Morgan fingerprint density at radius 1 is 1.10 bits per heavy atom. The van der Waals surface area contributed by atoms with Crippen molar-refractivity contribution in [2.24, 2.45) is 5.92 Å². The lowest BCUT2D eigenvalue weighted by atomic mass is 10.1. The van der Waals surface area contributed by atoms with E-state index in [1.54, 1.807) is 0 Å². The number of halogens is 1. The van der Waals surface area contributed by atoms with Crippen LogP contribution in [0.5, 0.6) is 0 Å². The van der Waals surface area contributed by atoms with E-state index in [9.17, 15) is 5.11 Å². The summed E-state index contributed by atoms with van der Waals surface area (Å²) in [6, 6.07) is 12.4. The van der Waals surface area contributed by atoms with E-state index in [2.05, 4.69) is 59.4 Å². The summed E-state index contributed by atoms with van der Waals surface area (Å²) in [4.78, 5) is 0. The van der Waals surface area contributed by atoms with Crippen LogP contribution in [-0.4, -0.2) is 31.0 Å². The van der Waals surface area contributed by atoms with Gasteiger partial charge in [0.25, 0.3) is 0 Å². The summed E-state index contributed by atoms with van der Waals surface area (Å²) in [7, 11) is 0. The highest BCUT2D eigenvalue weighted by Crippen LogP contribution is 2.22. The van der Waals surface area contributed by atoms with E-state index in [4.69, 9.17) is 4.74 Å². The van der Waals surface area contributed by atoms with Gasteiger partial charge in [-0.2, -0.15) is 0 Å². The summed E-state index contributed by atoms with van der Waals surface area (Å²) < 4.78 is 6.51. The molecule has 4 heteroatoms. The van der Waals surface area contributed by atoms with Crippen LogP contribution >= 0.6 is 15.9 Å². The van der Waals surface area contributed by atoms with Crippen molar-refractivity contribution in [2.75, 3.05) is 25.1 Å². The van der Waals surface area contributed by atoms with Crippen molar-refractivity contribution in [1.82, 2.24) is 0 Å². The van der Waals surface area contributed by atoms with Crippen molar-refractivity contribution >= 4 is 32.4 Å². The second kappa shape index (κ2) is 7.78. The molecule has 0 saturated carbocycles. The van der Waals surface area contributed by atoms with E-state index >= 15 is 0 Å². The fourth-order valence-corrected chi connectivity index (χ4v) is 2.44. The summed E-state index contributed by atoms with van der Waals surface area (Å²) in [5.41, 5.74) is 1.01. The number of hydrogen-bond acceptors (Lipinski definition) is 3. The number of benzene rings is 2. The maximum Gasteiger partial charge on any atom is 0.0945 e. The van der Waals surface area contributed by atoms with Gasteiger partial charge in [0.15, 0.2) is 0 Å². The number of aliphatic hydroxyl groups is 1. The molecule has 0 saturated heterocycles. The predicted molar refractivity (Wildman–Crippen MR) is 91.8 cm³/mol. The van der Waals surface area contributed by atoms with E-state index < -0.39 is 6.10 Å². The Labute approximate surface area is 134 Å². The van der Waals surface area contributed by atoms with Crippen LogP contribution in [0, 0.1) is 5.92 Å². The van der Waals surface area contributed by atoms with Gasteiger partial charge < -0.3 is 15.2 Å². The number of anilines is 1. The molecule has 114 valence electrons. The summed E-state index contributed by atoms with van der Waals surface area (Å²) in [5.74, 6) is 0.491. The van der Waals surface area contributed by atoms with E-state index in [0.717, 1.165) is 10.2 Å². The fourth-order valence-electron chi connectivity index (χ4n) is 2.06. The maximum atomic E-state index is 9.88. The summed E-state index contributed by atoms with van der Waals surface area (Å²) in [6.45, 7) is 5.73. The maximum absolute atomic E-state index is 9.88. The van der Waals surface area contributed by atoms with E-state index in [-0.39, 0.29) is 0 Å². The van der Waals surface area contributed by atoms with Crippen LogP contribution in [0.2, 0.25) is 0 Å². The Morgan fingerprint density at radius 3 is 2.57 bits per heavy atom. The van der Waals surface area contributed by atoms with Crippen LogP contribution in [0.3, 0.4) is 0 Å². The van der Waals surface area contributed by atoms with Gasteiger partial charge in [-0.25, -0.2) is 0 Å². The summed E-state index contributed by atoms with van der Waals surface area (Å²) in [5, 5.41) is 15.5. The molecule has 0 spiro atoms. The number of hydrogen-bond donors (Lipinski definition) is 2. The lowest BCUT2D eigenvalue weighted by Gasteiger charge is -2.14. The van der Waals surface area contributed by atoms with Gasteiger partial charge in [0.1, 0.15) is 0 Å². The first-order chi connectivity index (χ1) is 10.0. The third-order valence-electron chi connectivity index (χ3n) is 3.11. The molecule has 0 heterocycles. The normalized spacial score (nSPS) is 12.8. The zero-order valence-electron chi connectivity index (χ0n) is 12.5. The van der Waals surface area contributed by atoms with Gasteiger partial charge in [0, 0.05) is 23.3 Å². The zero-order chi connectivity index (χ0) is 15.2. The molecule has 0 bridgehead atoms. The molecule has 0 radical (unpaired) electrons. The van der Waals surface area contributed by atoms with Crippen LogP contribution in [0.4, 0.5) is 5.69 Å². The molecule has 1 unspecified atom stereocenters. The molecular formula is C17H22BrNO2. The van der Waals surface area contributed by atoms with E-state index in [0.29, 0.717) is 25.7 Å². The average molecular weight is 352 g/mol. The highest BCUT2D eigenvalue weighted by molar-refractivity contribution is 9.10. The quantitative estimate of drug-likeness (QED) is 0.790. The molecule has 0 amide bonds. The van der Waals surface area contributed by atoms with Crippen molar-refractivity contribution in [2.45, 2.75) is 20.0 Å². The van der Waals surface area contributed by atoms with Crippen LogP contribution < -0.4 is 5.32 Å². The molecule has 2 aromatic rings. The standard InChI is InChI=1S/C17H22BrNO2/c1-12(2)10-21-11-17(20)9-19-16-6-4-13-7-15(18)5-3-14(13)8-16/h3-8,12,17,19-20H,9-11H2,1-2H3. The fraction of sp³-hybridized carbons (Fsp3) is 0.412. The Balaban J connectivity index is 1.87. The first-order valence-electron chi connectivity index (χ1n) is 7.23. The number of ether oxygens (including phenoxy) is 1. The number of rotatable bonds is 7. The van der Waals surface area contributed by atoms with Gasteiger partial charge in [-0.1, -0.05) is 41.9 Å². The minimum Gasteiger partial charge on any atom is -0.389 e. The molecule has 2 aromatic carbocycles. The first-order valence-corrected chi connectivity index (χ1v) is 8.03. The van der Waals surface area contributed by atoms with Gasteiger partial charge in [0.05, 0.1) is 12.7 Å². The largest absolute Gasteiger partial charge is 0.389 e. The lowest BCUT2D eigenvalue weighted by Crippen LogP contribution is -2.25. The van der Waals surface area contributed by atoms with E-state index in [1.165, 1.54) is 10.8 Å². The smallest absolute Gasteiger partial charge is 0.0945 e. The zero-order valence-corrected chi connectivity index (χ0v) is 14.1. The average Bonchev–Trinajstić information content (AvgIpc) is 2.44. The lowest BCUT2D eigenvalue weighted by molar-refractivity contribution is 0.0318. The molecule has 0 aliphatic carbocycles. The van der Waals surface area contributed by atoms with Crippen LogP contribution in [0.25, 0.3) is 10.8 Å². The Hall–Kier alpha value is -1.10. The molecule has 21 heavy (non-hydrogen) atoms. The van der Waals surface area contributed by atoms with Gasteiger partial charge >= 0.3 is 0 Å². The highest BCUT2D eigenvalue weighted by atomic mass is 79.9. The molecule has 3 nitrogen and oxygen atoms in total. The molecule has 2 N–H and O–H groups in total. The second-order valence-electron chi connectivity index (χ2n) is 5.67. The molecule has 0 aliphatic rings. The minimum atomic E-state index is -0.496. The number of fused-ring (bicyclic) bond motifs is 1. The molecule has 0 aromatic heterocycles. The SMILES string of the molecule is CC(C)COCC(O)CNc1ccc2cc(Br)ccc2c1.